The number of nitrogens with zero attached hydrogens (tertiary/aromatic N) is 2. The van der Waals surface area contributed by atoms with Crippen LogP contribution in [-0.4, -0.2) is 48.0 Å². The molecule has 0 radical (unpaired) electrons. The Morgan fingerprint density at radius 2 is 1.91 bits per heavy atom. The Hall–Kier alpha value is -3.10. The third kappa shape index (κ3) is 4.88. The zero-order valence-corrected chi connectivity index (χ0v) is 20.3. The number of ether oxygens (including phenoxy) is 2. The molecule has 2 atom stereocenters. The third-order valence-electron chi connectivity index (χ3n) is 6.19. The smallest absolute Gasteiger partial charge is 0.407 e. The fraction of sp³-hybridized carbons (Fsp3) is 0.560. The van der Waals surface area contributed by atoms with Crippen molar-refractivity contribution in [3.05, 3.63) is 39.9 Å². The summed E-state index contributed by atoms with van der Waals surface area (Å²) in [6.07, 6.45) is 2.89. The molecule has 1 aromatic heterocycles. The van der Waals surface area contributed by atoms with E-state index in [0.717, 1.165) is 12.8 Å². The van der Waals surface area contributed by atoms with Crippen molar-refractivity contribution in [3.8, 4) is 0 Å². The molecule has 1 amide bonds. The number of esters is 1. The number of carbonyl (C=O) groups is 2. The quantitative estimate of drug-likeness (QED) is 0.661. The minimum atomic E-state index is -0.697. The van der Waals surface area contributed by atoms with Crippen LogP contribution in [0.15, 0.2) is 23.1 Å². The lowest BCUT2D eigenvalue weighted by molar-refractivity contribution is 0.0495. The molecule has 1 aliphatic carbocycles. The predicted molar refractivity (Wildman–Crippen MR) is 127 cm³/mol. The zero-order chi connectivity index (χ0) is 24.8. The van der Waals surface area contributed by atoms with Gasteiger partial charge in [-0.25, -0.2) is 14.0 Å². The first-order valence-electron chi connectivity index (χ1n) is 11.8. The van der Waals surface area contributed by atoms with Gasteiger partial charge in [-0.15, -0.1) is 0 Å². The van der Waals surface area contributed by atoms with E-state index in [1.54, 1.807) is 40.0 Å². The number of halogens is 1. The van der Waals surface area contributed by atoms with Crippen LogP contribution in [0.25, 0.3) is 10.9 Å². The Bertz CT molecular complexity index is 1180. The van der Waals surface area contributed by atoms with Crippen LogP contribution in [0.2, 0.25) is 0 Å². The van der Waals surface area contributed by atoms with Gasteiger partial charge in [0, 0.05) is 30.7 Å². The summed E-state index contributed by atoms with van der Waals surface area (Å²) in [4.78, 5) is 39.5. The fourth-order valence-corrected chi connectivity index (χ4v) is 4.42. The number of anilines is 1. The summed E-state index contributed by atoms with van der Waals surface area (Å²) in [5, 5.41) is 3.05. The molecular weight excluding hydrogens is 441 g/mol. The van der Waals surface area contributed by atoms with E-state index in [9.17, 15) is 14.4 Å². The number of nitrogens with one attached hydrogen (secondary N) is 1. The fourth-order valence-electron chi connectivity index (χ4n) is 4.42. The molecule has 9 heteroatoms. The van der Waals surface area contributed by atoms with Gasteiger partial charge in [-0.05, 0) is 58.6 Å². The maximum atomic E-state index is 15.3. The molecule has 184 valence electrons. The molecule has 8 nitrogen and oxygen atoms in total. The first-order chi connectivity index (χ1) is 16.0. The molecule has 2 aromatic rings. The summed E-state index contributed by atoms with van der Waals surface area (Å²) >= 11 is 0. The van der Waals surface area contributed by atoms with E-state index >= 15 is 4.39 Å². The summed E-state index contributed by atoms with van der Waals surface area (Å²) in [6, 6.07) is 2.85. The number of hydrogen-bond acceptors (Lipinski definition) is 6. The molecule has 1 N–H and O–H groups in total. The van der Waals surface area contributed by atoms with E-state index in [1.165, 1.54) is 6.07 Å². The van der Waals surface area contributed by atoms with Crippen LogP contribution in [0.4, 0.5) is 14.9 Å². The highest BCUT2D eigenvalue weighted by atomic mass is 19.1. The van der Waals surface area contributed by atoms with Crippen molar-refractivity contribution in [1.29, 1.82) is 0 Å². The van der Waals surface area contributed by atoms with Gasteiger partial charge < -0.3 is 24.3 Å². The number of carbonyl (C=O) groups excluding carboxylic acids is 2. The van der Waals surface area contributed by atoms with Gasteiger partial charge in [0.25, 0.3) is 0 Å². The second-order valence-corrected chi connectivity index (χ2v) is 10.2. The minimum Gasteiger partial charge on any atom is -0.462 e. The largest absolute Gasteiger partial charge is 0.462 e. The van der Waals surface area contributed by atoms with Gasteiger partial charge in [0.1, 0.15) is 17.0 Å². The van der Waals surface area contributed by atoms with Crippen LogP contribution in [-0.2, 0) is 9.47 Å². The van der Waals surface area contributed by atoms with Gasteiger partial charge in [0.2, 0.25) is 5.43 Å². The molecule has 1 saturated carbocycles. The molecule has 0 spiro atoms. The van der Waals surface area contributed by atoms with E-state index in [0.29, 0.717) is 24.3 Å². The lowest BCUT2D eigenvalue weighted by Gasteiger charge is -2.23. The SMILES string of the molecule is CCOC(=O)c1cn(C2CC2)c2cc(N3C[C@H](C)[C@H](NC(=O)OC(C)(C)C)C3)c(F)cc2c1=O. The molecule has 0 unspecified atom stereocenters. The average molecular weight is 474 g/mol. The average Bonchev–Trinajstić information content (AvgIpc) is 3.51. The van der Waals surface area contributed by atoms with Gasteiger partial charge >= 0.3 is 12.1 Å². The van der Waals surface area contributed by atoms with Crippen molar-refractivity contribution < 1.29 is 23.5 Å². The highest BCUT2D eigenvalue weighted by Gasteiger charge is 2.34. The van der Waals surface area contributed by atoms with Crippen molar-refractivity contribution in [1.82, 2.24) is 9.88 Å². The molecule has 1 saturated heterocycles. The first-order valence-corrected chi connectivity index (χ1v) is 11.8. The van der Waals surface area contributed by atoms with E-state index < -0.39 is 28.9 Å². The standard InChI is InChI=1S/C25H32FN3O5/c1-6-33-23(31)17-12-29(15-7-8-15)20-10-21(18(26)9-16(20)22(17)30)28-11-14(2)19(13-28)27-24(32)34-25(3,4)5/h9-10,12,14-15,19H,6-8,11,13H2,1-5H3,(H,27,32)/t14-,19+/m0/s1. The van der Waals surface area contributed by atoms with Gasteiger partial charge in [-0.2, -0.15) is 0 Å². The van der Waals surface area contributed by atoms with Crippen LogP contribution >= 0.6 is 0 Å². The van der Waals surface area contributed by atoms with E-state index in [-0.39, 0.29) is 35.6 Å². The lowest BCUT2D eigenvalue weighted by Crippen LogP contribution is -2.42. The van der Waals surface area contributed by atoms with Gasteiger partial charge in [-0.3, -0.25) is 4.79 Å². The second-order valence-electron chi connectivity index (χ2n) is 10.2. The van der Waals surface area contributed by atoms with Crippen LogP contribution < -0.4 is 15.6 Å². The molecule has 0 bridgehead atoms. The normalized spacial score (nSPS) is 20.5. The summed E-state index contributed by atoms with van der Waals surface area (Å²) in [7, 11) is 0. The molecule has 1 aromatic carbocycles. The van der Waals surface area contributed by atoms with E-state index in [2.05, 4.69) is 5.32 Å². The molecular formula is C25H32FN3O5. The van der Waals surface area contributed by atoms with Crippen LogP contribution in [0.1, 0.15) is 63.9 Å². The number of hydrogen-bond donors (Lipinski definition) is 1. The number of rotatable bonds is 5. The molecule has 34 heavy (non-hydrogen) atoms. The summed E-state index contributed by atoms with van der Waals surface area (Å²) in [5.74, 6) is -1.17. The molecule has 1 aliphatic heterocycles. The molecule has 2 aliphatic rings. The Labute approximate surface area is 198 Å². The Kier molecular flexibility index (Phi) is 6.31. The number of amides is 1. The number of benzene rings is 1. The van der Waals surface area contributed by atoms with Crippen LogP contribution in [0, 0.1) is 11.7 Å². The number of pyridine rings is 1. The first kappa shape index (κ1) is 24.0. The second kappa shape index (κ2) is 8.92. The van der Waals surface area contributed by atoms with Crippen molar-refractivity contribution in [2.45, 2.75) is 65.1 Å². The Balaban J connectivity index is 1.67. The van der Waals surface area contributed by atoms with Crippen LogP contribution in [0.3, 0.4) is 0 Å². The third-order valence-corrected chi connectivity index (χ3v) is 6.19. The topological polar surface area (TPSA) is 89.9 Å². The molecule has 2 fully saturated rings. The van der Waals surface area contributed by atoms with Crippen molar-refractivity contribution in [2.24, 2.45) is 5.92 Å². The number of fused-ring (bicyclic) bond motifs is 1. The van der Waals surface area contributed by atoms with Crippen molar-refractivity contribution >= 4 is 28.7 Å². The summed E-state index contributed by atoms with van der Waals surface area (Å²) in [6.45, 7) is 10.2. The number of alkyl carbamates (subject to hydrolysis) is 1. The lowest BCUT2D eigenvalue weighted by atomic mass is 10.1. The van der Waals surface area contributed by atoms with Gasteiger partial charge in [0.05, 0.1) is 23.9 Å². The van der Waals surface area contributed by atoms with E-state index in [4.69, 9.17) is 9.47 Å². The summed E-state index contributed by atoms with van der Waals surface area (Å²) < 4.78 is 27.6. The van der Waals surface area contributed by atoms with E-state index in [1.807, 2.05) is 16.4 Å². The monoisotopic (exact) mass is 473 g/mol. The molecule has 2 heterocycles. The maximum absolute atomic E-state index is 15.3. The molecule has 4 rings (SSSR count). The highest BCUT2D eigenvalue weighted by molar-refractivity contribution is 5.94. The van der Waals surface area contributed by atoms with Gasteiger partial charge in [-0.1, -0.05) is 6.92 Å². The zero-order valence-electron chi connectivity index (χ0n) is 20.3. The maximum Gasteiger partial charge on any atom is 0.407 e. The van der Waals surface area contributed by atoms with Crippen molar-refractivity contribution in [3.63, 3.8) is 0 Å². The predicted octanol–water partition coefficient (Wildman–Crippen LogP) is 4.00. The number of aromatic nitrogens is 1. The van der Waals surface area contributed by atoms with Crippen molar-refractivity contribution in [2.75, 3.05) is 24.6 Å². The summed E-state index contributed by atoms with van der Waals surface area (Å²) in [5.41, 5.74) is -0.260. The minimum absolute atomic E-state index is 0.0689. The van der Waals surface area contributed by atoms with Gasteiger partial charge in [0.15, 0.2) is 0 Å². The van der Waals surface area contributed by atoms with Crippen LogP contribution in [0.5, 0.6) is 0 Å². The Morgan fingerprint density at radius 3 is 2.53 bits per heavy atom. The highest BCUT2D eigenvalue weighted by Crippen LogP contribution is 2.38. The Morgan fingerprint density at radius 1 is 1.21 bits per heavy atom.